The van der Waals surface area contributed by atoms with Crippen LogP contribution in [-0.2, 0) is 4.79 Å². The average molecular weight is 342 g/mol. The zero-order valence-electron chi connectivity index (χ0n) is 14.2. The number of aryl methyl sites for hydroxylation is 1. The molecule has 0 spiro atoms. The molecule has 132 valence electrons. The lowest BCUT2D eigenvalue weighted by Crippen LogP contribution is -2.52. The maximum absolute atomic E-state index is 12.0. The summed E-state index contributed by atoms with van der Waals surface area (Å²) in [6, 6.07) is 11.5. The van der Waals surface area contributed by atoms with Crippen molar-refractivity contribution in [2.75, 3.05) is 37.6 Å². The average Bonchev–Trinajstić information content (AvgIpc) is 3.16. The molecule has 1 fully saturated rings. The van der Waals surface area contributed by atoms with E-state index >= 15 is 0 Å². The first-order valence-electron chi connectivity index (χ1n) is 8.29. The van der Waals surface area contributed by atoms with Crippen LogP contribution in [0.1, 0.15) is 16.1 Å². The first-order valence-corrected chi connectivity index (χ1v) is 8.29. The van der Waals surface area contributed by atoms with Crippen molar-refractivity contribution in [3.05, 3.63) is 54.0 Å². The fraction of sp³-hybridized carbons (Fsp3) is 0.333. The van der Waals surface area contributed by atoms with E-state index in [0.717, 1.165) is 26.2 Å². The second-order valence-electron chi connectivity index (χ2n) is 6.03. The van der Waals surface area contributed by atoms with Gasteiger partial charge < -0.3 is 9.32 Å². The fourth-order valence-electron chi connectivity index (χ4n) is 2.90. The van der Waals surface area contributed by atoms with E-state index < -0.39 is 5.91 Å². The molecule has 2 heterocycles. The molecule has 2 aromatic rings. The monoisotopic (exact) mass is 342 g/mol. The molecule has 0 saturated carbocycles. The van der Waals surface area contributed by atoms with Gasteiger partial charge in [0.05, 0.1) is 12.8 Å². The van der Waals surface area contributed by atoms with Gasteiger partial charge in [0.1, 0.15) is 0 Å². The molecule has 1 saturated heterocycles. The molecule has 0 bridgehead atoms. The lowest BCUT2D eigenvalue weighted by atomic mass is 10.1. The van der Waals surface area contributed by atoms with Crippen LogP contribution in [0.15, 0.2) is 47.1 Å². The number of carbonyl (C=O) groups excluding carboxylic acids is 2. The van der Waals surface area contributed by atoms with Crippen molar-refractivity contribution in [3.8, 4) is 0 Å². The molecule has 7 nitrogen and oxygen atoms in total. The largest absolute Gasteiger partial charge is 0.459 e. The molecule has 2 amide bonds. The van der Waals surface area contributed by atoms with Gasteiger partial charge in [0.2, 0.25) is 0 Å². The summed E-state index contributed by atoms with van der Waals surface area (Å²) in [6.07, 6.45) is 1.41. The summed E-state index contributed by atoms with van der Waals surface area (Å²) in [5, 5.41) is 0. The molecule has 1 aliphatic heterocycles. The van der Waals surface area contributed by atoms with Gasteiger partial charge in [-0.3, -0.25) is 25.3 Å². The summed E-state index contributed by atoms with van der Waals surface area (Å²) in [7, 11) is 0. The number of para-hydroxylation sites is 1. The Kier molecular flexibility index (Phi) is 5.35. The molecular formula is C18H22N4O3. The Morgan fingerprint density at radius 3 is 2.48 bits per heavy atom. The van der Waals surface area contributed by atoms with E-state index in [1.165, 1.54) is 23.6 Å². The quantitative estimate of drug-likeness (QED) is 0.816. The lowest BCUT2D eigenvalue weighted by molar-refractivity contribution is -0.123. The zero-order valence-corrected chi connectivity index (χ0v) is 14.2. The highest BCUT2D eigenvalue weighted by Gasteiger charge is 2.20. The molecule has 25 heavy (non-hydrogen) atoms. The molecule has 1 aliphatic rings. The SMILES string of the molecule is Cc1ccccc1N1CCN(CC(=O)NNC(=O)c2ccco2)CC1. The molecule has 1 aromatic carbocycles. The van der Waals surface area contributed by atoms with E-state index in [1.54, 1.807) is 6.07 Å². The van der Waals surface area contributed by atoms with Crippen LogP contribution in [0.3, 0.4) is 0 Å². The van der Waals surface area contributed by atoms with Gasteiger partial charge in [0.25, 0.3) is 5.91 Å². The van der Waals surface area contributed by atoms with Gasteiger partial charge in [-0.2, -0.15) is 0 Å². The smallest absolute Gasteiger partial charge is 0.305 e. The summed E-state index contributed by atoms with van der Waals surface area (Å²) >= 11 is 0. The molecular weight excluding hydrogens is 320 g/mol. The number of furan rings is 1. The number of rotatable bonds is 4. The van der Waals surface area contributed by atoms with E-state index in [1.807, 2.05) is 12.1 Å². The lowest BCUT2D eigenvalue weighted by Gasteiger charge is -2.36. The maximum atomic E-state index is 12.0. The molecule has 0 aliphatic carbocycles. The van der Waals surface area contributed by atoms with Crippen LogP contribution in [0.2, 0.25) is 0 Å². The van der Waals surface area contributed by atoms with Crippen molar-refractivity contribution in [1.29, 1.82) is 0 Å². The normalized spacial score (nSPS) is 15.0. The number of benzene rings is 1. The molecule has 0 unspecified atom stereocenters. The Bertz CT molecular complexity index is 722. The Hall–Kier alpha value is -2.80. The van der Waals surface area contributed by atoms with Gasteiger partial charge in [-0.1, -0.05) is 18.2 Å². The third-order valence-corrected chi connectivity index (χ3v) is 4.26. The summed E-state index contributed by atoms with van der Waals surface area (Å²) in [4.78, 5) is 28.1. The van der Waals surface area contributed by atoms with E-state index in [0.29, 0.717) is 0 Å². The minimum Gasteiger partial charge on any atom is -0.459 e. The van der Waals surface area contributed by atoms with Crippen LogP contribution in [0.5, 0.6) is 0 Å². The maximum Gasteiger partial charge on any atom is 0.305 e. The summed E-state index contributed by atoms with van der Waals surface area (Å²) in [5.74, 6) is -0.556. The van der Waals surface area contributed by atoms with Crippen molar-refractivity contribution < 1.29 is 14.0 Å². The predicted octanol–water partition coefficient (Wildman–Crippen LogP) is 1.17. The molecule has 7 heteroatoms. The number of hydrazine groups is 1. The van der Waals surface area contributed by atoms with Crippen LogP contribution < -0.4 is 15.8 Å². The zero-order chi connectivity index (χ0) is 17.6. The van der Waals surface area contributed by atoms with Crippen LogP contribution in [0, 0.1) is 6.92 Å². The van der Waals surface area contributed by atoms with E-state index in [4.69, 9.17) is 4.42 Å². The summed E-state index contributed by atoms with van der Waals surface area (Å²) in [6.45, 7) is 5.70. The Morgan fingerprint density at radius 2 is 1.80 bits per heavy atom. The van der Waals surface area contributed by atoms with Crippen molar-refractivity contribution in [2.45, 2.75) is 6.92 Å². The number of hydrogen-bond acceptors (Lipinski definition) is 5. The highest BCUT2D eigenvalue weighted by molar-refractivity contribution is 5.93. The van der Waals surface area contributed by atoms with Gasteiger partial charge in [-0.25, -0.2) is 0 Å². The van der Waals surface area contributed by atoms with Gasteiger partial charge in [-0.15, -0.1) is 0 Å². The third-order valence-electron chi connectivity index (χ3n) is 4.26. The van der Waals surface area contributed by atoms with Crippen LogP contribution in [0.25, 0.3) is 0 Å². The number of amides is 2. The third kappa shape index (κ3) is 4.39. The molecule has 2 N–H and O–H groups in total. The van der Waals surface area contributed by atoms with Gasteiger partial charge >= 0.3 is 5.91 Å². The number of carbonyl (C=O) groups is 2. The van der Waals surface area contributed by atoms with E-state index in [9.17, 15) is 9.59 Å². The van der Waals surface area contributed by atoms with Crippen molar-refractivity contribution in [3.63, 3.8) is 0 Å². The van der Waals surface area contributed by atoms with Crippen molar-refractivity contribution in [2.24, 2.45) is 0 Å². The number of nitrogens with zero attached hydrogens (tertiary/aromatic N) is 2. The number of anilines is 1. The minimum atomic E-state index is -0.470. The van der Waals surface area contributed by atoms with Crippen LogP contribution in [0.4, 0.5) is 5.69 Å². The highest BCUT2D eigenvalue weighted by Crippen LogP contribution is 2.20. The molecule has 0 radical (unpaired) electrons. The topological polar surface area (TPSA) is 77.8 Å². The Labute approximate surface area is 146 Å². The molecule has 0 atom stereocenters. The predicted molar refractivity (Wildman–Crippen MR) is 94.1 cm³/mol. The number of piperazine rings is 1. The molecule has 1 aromatic heterocycles. The van der Waals surface area contributed by atoms with Crippen molar-refractivity contribution in [1.82, 2.24) is 15.8 Å². The summed E-state index contributed by atoms with van der Waals surface area (Å²) < 4.78 is 4.96. The van der Waals surface area contributed by atoms with Crippen LogP contribution >= 0.6 is 0 Å². The minimum absolute atomic E-state index is 0.159. The second kappa shape index (κ2) is 7.85. The Morgan fingerprint density at radius 1 is 1.04 bits per heavy atom. The second-order valence-corrected chi connectivity index (χ2v) is 6.03. The first-order chi connectivity index (χ1) is 12.1. The fourth-order valence-corrected chi connectivity index (χ4v) is 2.90. The number of nitrogens with one attached hydrogen (secondary N) is 2. The van der Waals surface area contributed by atoms with Crippen LogP contribution in [-0.4, -0.2) is 49.4 Å². The number of hydrogen-bond donors (Lipinski definition) is 2. The standard InChI is InChI=1S/C18H22N4O3/c1-14-5-2-3-6-15(14)22-10-8-21(9-11-22)13-17(23)19-20-18(24)16-7-4-12-25-16/h2-7,12H,8-11,13H2,1H3,(H,19,23)(H,20,24). The Balaban J connectivity index is 1.42. The van der Waals surface area contributed by atoms with Gasteiger partial charge in [0.15, 0.2) is 5.76 Å². The first kappa shape index (κ1) is 17.0. The van der Waals surface area contributed by atoms with E-state index in [-0.39, 0.29) is 18.2 Å². The highest BCUT2D eigenvalue weighted by atomic mass is 16.3. The van der Waals surface area contributed by atoms with Gasteiger partial charge in [-0.05, 0) is 30.7 Å². The van der Waals surface area contributed by atoms with Crippen molar-refractivity contribution >= 4 is 17.5 Å². The molecule has 3 rings (SSSR count). The van der Waals surface area contributed by atoms with E-state index in [2.05, 4.69) is 39.7 Å². The van der Waals surface area contributed by atoms with Gasteiger partial charge in [0, 0.05) is 31.9 Å². The summed E-state index contributed by atoms with van der Waals surface area (Å²) in [5.41, 5.74) is 7.27.